The zero-order chi connectivity index (χ0) is 15.9. The molecular formula is C17H19N3O2. The van der Waals surface area contributed by atoms with Crippen molar-refractivity contribution in [3.05, 3.63) is 60.2 Å². The molecule has 0 radical (unpaired) electrons. The summed E-state index contributed by atoms with van der Waals surface area (Å²) in [6.07, 6.45) is 0. The van der Waals surface area contributed by atoms with E-state index in [0.29, 0.717) is 11.4 Å². The highest BCUT2D eigenvalue weighted by molar-refractivity contribution is 5.96. The summed E-state index contributed by atoms with van der Waals surface area (Å²) in [7, 11) is 1.58. The lowest BCUT2D eigenvalue weighted by atomic mass is 10.2. The molecule has 0 aliphatic heterocycles. The van der Waals surface area contributed by atoms with Crippen LogP contribution in [0.15, 0.2) is 54.6 Å². The number of rotatable bonds is 4. The molecule has 2 rings (SSSR count). The van der Waals surface area contributed by atoms with Crippen molar-refractivity contribution in [2.45, 2.75) is 6.92 Å². The number of benzene rings is 2. The molecule has 114 valence electrons. The van der Waals surface area contributed by atoms with Crippen LogP contribution in [0.4, 0.5) is 16.2 Å². The fraction of sp³-hybridized carbons (Fsp3) is 0.176. The smallest absolute Gasteiger partial charge is 0.322 e. The standard InChI is InChI=1S/C17H19N3O2/c1-13-8-10-15(11-9-13)18-16(21)12-20(2)17(22)19-14-6-4-3-5-7-14/h3-11H,12H2,1-2H3,(H,18,21)(H,19,22). The third kappa shape index (κ3) is 4.63. The summed E-state index contributed by atoms with van der Waals surface area (Å²) in [4.78, 5) is 25.2. The number of likely N-dealkylation sites (N-methyl/N-ethyl adjacent to an activating group) is 1. The number of anilines is 2. The predicted molar refractivity (Wildman–Crippen MR) is 87.9 cm³/mol. The number of aryl methyl sites for hydroxylation is 1. The van der Waals surface area contributed by atoms with Crippen LogP contribution in [0, 0.1) is 6.92 Å². The van der Waals surface area contributed by atoms with Crippen molar-refractivity contribution in [2.24, 2.45) is 0 Å². The third-order valence-electron chi connectivity index (χ3n) is 3.09. The Labute approximate surface area is 129 Å². The summed E-state index contributed by atoms with van der Waals surface area (Å²) in [5.74, 6) is -0.241. The van der Waals surface area contributed by atoms with Crippen molar-refractivity contribution in [3.63, 3.8) is 0 Å². The highest BCUT2D eigenvalue weighted by atomic mass is 16.2. The molecule has 0 spiro atoms. The molecule has 22 heavy (non-hydrogen) atoms. The van der Waals surface area contributed by atoms with Gasteiger partial charge in [0.05, 0.1) is 0 Å². The van der Waals surface area contributed by atoms with Crippen LogP contribution in [0.1, 0.15) is 5.56 Å². The van der Waals surface area contributed by atoms with Crippen LogP contribution in [-0.4, -0.2) is 30.4 Å². The Bertz CT molecular complexity index is 639. The molecule has 0 saturated carbocycles. The Hall–Kier alpha value is -2.82. The normalized spacial score (nSPS) is 9.91. The average molecular weight is 297 g/mol. The molecule has 0 unspecified atom stereocenters. The first kappa shape index (κ1) is 15.6. The number of hydrogen-bond acceptors (Lipinski definition) is 2. The van der Waals surface area contributed by atoms with Gasteiger partial charge >= 0.3 is 6.03 Å². The fourth-order valence-corrected chi connectivity index (χ4v) is 1.87. The van der Waals surface area contributed by atoms with E-state index in [0.717, 1.165) is 5.56 Å². The molecule has 3 amide bonds. The molecule has 0 fully saturated rings. The molecule has 0 aromatic heterocycles. The van der Waals surface area contributed by atoms with Crippen LogP contribution in [0.3, 0.4) is 0 Å². The first-order valence-electron chi connectivity index (χ1n) is 6.98. The van der Waals surface area contributed by atoms with Crippen LogP contribution in [-0.2, 0) is 4.79 Å². The van der Waals surface area contributed by atoms with E-state index in [1.54, 1.807) is 19.2 Å². The first-order valence-corrected chi connectivity index (χ1v) is 6.98. The molecule has 2 aromatic carbocycles. The summed E-state index contributed by atoms with van der Waals surface area (Å²) in [6, 6.07) is 16.3. The van der Waals surface area contributed by atoms with Gasteiger partial charge in [-0.3, -0.25) is 4.79 Å². The minimum Gasteiger partial charge on any atom is -0.325 e. The van der Waals surface area contributed by atoms with Gasteiger partial charge in [-0.25, -0.2) is 4.79 Å². The molecule has 0 aliphatic rings. The van der Waals surface area contributed by atoms with Crippen molar-refractivity contribution in [1.29, 1.82) is 0 Å². The molecule has 0 aliphatic carbocycles. The molecular weight excluding hydrogens is 278 g/mol. The van der Waals surface area contributed by atoms with Crippen molar-refractivity contribution in [1.82, 2.24) is 4.90 Å². The van der Waals surface area contributed by atoms with Gasteiger partial charge in [0.25, 0.3) is 0 Å². The van der Waals surface area contributed by atoms with Gasteiger partial charge in [0, 0.05) is 18.4 Å². The van der Waals surface area contributed by atoms with Crippen molar-refractivity contribution in [3.8, 4) is 0 Å². The van der Waals surface area contributed by atoms with Gasteiger partial charge in [0.15, 0.2) is 0 Å². The van der Waals surface area contributed by atoms with E-state index in [-0.39, 0.29) is 18.5 Å². The number of para-hydroxylation sites is 1. The maximum absolute atomic E-state index is 12.0. The van der Waals surface area contributed by atoms with Gasteiger partial charge in [-0.1, -0.05) is 35.9 Å². The van der Waals surface area contributed by atoms with E-state index >= 15 is 0 Å². The first-order chi connectivity index (χ1) is 10.5. The lowest BCUT2D eigenvalue weighted by molar-refractivity contribution is -0.116. The van der Waals surface area contributed by atoms with Gasteiger partial charge in [0.1, 0.15) is 6.54 Å². The third-order valence-corrected chi connectivity index (χ3v) is 3.09. The Kier molecular flexibility index (Phi) is 5.14. The number of hydrogen-bond donors (Lipinski definition) is 2. The minimum atomic E-state index is -0.328. The second-order valence-corrected chi connectivity index (χ2v) is 5.07. The molecule has 5 nitrogen and oxygen atoms in total. The predicted octanol–water partition coefficient (Wildman–Crippen LogP) is 3.10. The lowest BCUT2D eigenvalue weighted by Crippen LogP contribution is -2.37. The van der Waals surface area contributed by atoms with E-state index in [9.17, 15) is 9.59 Å². The lowest BCUT2D eigenvalue weighted by Gasteiger charge is -2.17. The summed E-state index contributed by atoms with van der Waals surface area (Å²) in [6.45, 7) is 1.96. The summed E-state index contributed by atoms with van der Waals surface area (Å²) in [5.41, 5.74) is 2.53. The molecule has 5 heteroatoms. The Morgan fingerprint density at radius 3 is 2.14 bits per heavy atom. The maximum Gasteiger partial charge on any atom is 0.322 e. The quantitative estimate of drug-likeness (QED) is 0.911. The van der Waals surface area contributed by atoms with Crippen LogP contribution >= 0.6 is 0 Å². The molecule has 0 heterocycles. The van der Waals surface area contributed by atoms with Crippen molar-refractivity contribution >= 4 is 23.3 Å². The largest absolute Gasteiger partial charge is 0.325 e. The van der Waals surface area contributed by atoms with E-state index in [1.165, 1.54) is 4.90 Å². The zero-order valence-electron chi connectivity index (χ0n) is 12.7. The number of nitrogens with zero attached hydrogens (tertiary/aromatic N) is 1. The van der Waals surface area contributed by atoms with Gasteiger partial charge < -0.3 is 15.5 Å². The van der Waals surface area contributed by atoms with Crippen LogP contribution in [0.2, 0.25) is 0 Å². The van der Waals surface area contributed by atoms with Crippen molar-refractivity contribution < 1.29 is 9.59 Å². The number of nitrogens with one attached hydrogen (secondary N) is 2. The maximum atomic E-state index is 12.0. The Morgan fingerprint density at radius 2 is 1.50 bits per heavy atom. The highest BCUT2D eigenvalue weighted by Crippen LogP contribution is 2.09. The molecule has 2 N–H and O–H groups in total. The highest BCUT2D eigenvalue weighted by Gasteiger charge is 2.13. The average Bonchev–Trinajstić information content (AvgIpc) is 2.50. The second-order valence-electron chi connectivity index (χ2n) is 5.07. The number of carbonyl (C=O) groups is 2. The molecule has 0 bridgehead atoms. The number of carbonyl (C=O) groups excluding carboxylic acids is 2. The van der Waals surface area contributed by atoms with Crippen molar-refractivity contribution in [2.75, 3.05) is 24.2 Å². The van der Waals surface area contributed by atoms with Gasteiger partial charge in [-0.05, 0) is 31.2 Å². The minimum absolute atomic E-state index is 0.0213. The summed E-state index contributed by atoms with van der Waals surface area (Å²) < 4.78 is 0. The van der Waals surface area contributed by atoms with Gasteiger partial charge in [-0.2, -0.15) is 0 Å². The molecule has 0 atom stereocenters. The second kappa shape index (κ2) is 7.26. The summed E-state index contributed by atoms with van der Waals surface area (Å²) >= 11 is 0. The van der Waals surface area contributed by atoms with Crippen LogP contribution < -0.4 is 10.6 Å². The summed E-state index contributed by atoms with van der Waals surface area (Å²) in [5, 5.41) is 5.48. The number of urea groups is 1. The molecule has 2 aromatic rings. The van der Waals surface area contributed by atoms with E-state index in [4.69, 9.17) is 0 Å². The van der Waals surface area contributed by atoms with E-state index in [2.05, 4.69) is 10.6 Å². The topological polar surface area (TPSA) is 61.4 Å². The van der Waals surface area contributed by atoms with Gasteiger partial charge in [-0.15, -0.1) is 0 Å². The Morgan fingerprint density at radius 1 is 0.909 bits per heavy atom. The molecule has 0 saturated heterocycles. The van der Waals surface area contributed by atoms with Crippen LogP contribution in [0.5, 0.6) is 0 Å². The fourth-order valence-electron chi connectivity index (χ4n) is 1.87. The Balaban J connectivity index is 1.85. The SMILES string of the molecule is Cc1ccc(NC(=O)CN(C)C(=O)Nc2ccccc2)cc1. The van der Waals surface area contributed by atoms with E-state index < -0.39 is 0 Å². The number of amides is 3. The van der Waals surface area contributed by atoms with Gasteiger partial charge in [0.2, 0.25) is 5.91 Å². The van der Waals surface area contributed by atoms with Crippen LogP contribution in [0.25, 0.3) is 0 Å². The van der Waals surface area contributed by atoms with E-state index in [1.807, 2.05) is 49.4 Å². The monoisotopic (exact) mass is 297 g/mol. The zero-order valence-corrected chi connectivity index (χ0v) is 12.7.